The van der Waals surface area contributed by atoms with E-state index in [1.807, 2.05) is 0 Å². The number of unbranched alkanes of at least 4 members (excludes halogenated alkanes) is 1. The predicted octanol–water partition coefficient (Wildman–Crippen LogP) is 0.866. The van der Waals surface area contributed by atoms with Gasteiger partial charge in [0, 0.05) is 13.1 Å². The molecule has 14 heavy (non-hydrogen) atoms. The largest absolute Gasteiger partial charge is 0.481 e. The number of aliphatic carboxylic acids is 1. The number of hydrogen-bond donors (Lipinski definition) is 2. The van der Waals surface area contributed by atoms with Gasteiger partial charge in [-0.3, -0.25) is 4.79 Å². The average molecular weight is 201 g/mol. The van der Waals surface area contributed by atoms with Crippen LogP contribution >= 0.6 is 0 Å². The zero-order chi connectivity index (χ0) is 10.4. The number of carboxylic acid groups (broad SMARTS) is 1. The first-order valence-electron chi connectivity index (χ1n) is 5.30. The molecule has 0 aromatic rings. The lowest BCUT2D eigenvalue weighted by atomic mass is 9.95. The number of hydrogen-bond acceptors (Lipinski definition) is 3. The van der Waals surface area contributed by atoms with Crippen LogP contribution in [0.5, 0.6) is 0 Å². The minimum Gasteiger partial charge on any atom is -0.481 e. The quantitative estimate of drug-likeness (QED) is 0.693. The third-order valence-corrected chi connectivity index (χ3v) is 2.59. The molecule has 1 heterocycles. The Labute approximate surface area is 84.6 Å². The SMILES string of the molecule is CCCCC(C(=O)O)C1CNCCO1. The van der Waals surface area contributed by atoms with Crippen molar-refractivity contribution in [2.24, 2.45) is 5.92 Å². The van der Waals surface area contributed by atoms with E-state index >= 15 is 0 Å². The molecule has 2 unspecified atom stereocenters. The lowest BCUT2D eigenvalue weighted by Crippen LogP contribution is -2.45. The fourth-order valence-corrected chi connectivity index (χ4v) is 1.74. The first-order valence-corrected chi connectivity index (χ1v) is 5.30. The van der Waals surface area contributed by atoms with Gasteiger partial charge in [0.15, 0.2) is 0 Å². The first-order chi connectivity index (χ1) is 6.75. The lowest BCUT2D eigenvalue weighted by Gasteiger charge is -2.28. The Balaban J connectivity index is 2.43. The molecule has 0 saturated carbocycles. The Hall–Kier alpha value is -0.610. The van der Waals surface area contributed by atoms with Crippen molar-refractivity contribution in [2.75, 3.05) is 19.7 Å². The minimum atomic E-state index is -0.729. The maximum atomic E-state index is 11.0. The van der Waals surface area contributed by atoms with Crippen LogP contribution in [0.4, 0.5) is 0 Å². The fraction of sp³-hybridized carbons (Fsp3) is 0.900. The van der Waals surface area contributed by atoms with Gasteiger partial charge >= 0.3 is 5.97 Å². The summed E-state index contributed by atoms with van der Waals surface area (Å²) in [6.45, 7) is 4.19. The van der Waals surface area contributed by atoms with Crippen molar-refractivity contribution < 1.29 is 14.6 Å². The van der Waals surface area contributed by atoms with Gasteiger partial charge in [0.05, 0.1) is 18.6 Å². The van der Waals surface area contributed by atoms with Gasteiger partial charge in [-0.2, -0.15) is 0 Å². The molecule has 4 heteroatoms. The second kappa shape index (κ2) is 5.98. The van der Waals surface area contributed by atoms with Crippen molar-refractivity contribution in [1.82, 2.24) is 5.32 Å². The van der Waals surface area contributed by atoms with E-state index in [2.05, 4.69) is 12.2 Å². The van der Waals surface area contributed by atoms with Crippen LogP contribution in [0.3, 0.4) is 0 Å². The molecular weight excluding hydrogens is 182 g/mol. The molecule has 0 aromatic heterocycles. The van der Waals surface area contributed by atoms with Crippen LogP contribution in [0.15, 0.2) is 0 Å². The molecule has 0 aliphatic carbocycles. The Morgan fingerprint density at radius 3 is 3.00 bits per heavy atom. The van der Waals surface area contributed by atoms with Gasteiger partial charge in [0.25, 0.3) is 0 Å². The molecule has 2 atom stereocenters. The normalized spacial score (nSPS) is 24.5. The number of nitrogens with one attached hydrogen (secondary N) is 1. The molecule has 0 amide bonds. The summed E-state index contributed by atoms with van der Waals surface area (Å²) in [7, 11) is 0. The summed E-state index contributed by atoms with van der Waals surface area (Å²) < 4.78 is 5.46. The van der Waals surface area contributed by atoms with Gasteiger partial charge < -0.3 is 15.2 Å². The number of carboxylic acids is 1. The number of ether oxygens (including phenoxy) is 1. The van der Waals surface area contributed by atoms with Crippen molar-refractivity contribution in [1.29, 1.82) is 0 Å². The monoisotopic (exact) mass is 201 g/mol. The summed E-state index contributed by atoms with van der Waals surface area (Å²) in [4.78, 5) is 11.0. The van der Waals surface area contributed by atoms with E-state index in [1.54, 1.807) is 0 Å². The second-order valence-corrected chi connectivity index (χ2v) is 3.70. The maximum absolute atomic E-state index is 11.0. The van der Waals surface area contributed by atoms with Gasteiger partial charge in [-0.25, -0.2) is 0 Å². The van der Waals surface area contributed by atoms with E-state index in [-0.39, 0.29) is 12.0 Å². The van der Waals surface area contributed by atoms with Gasteiger partial charge in [-0.1, -0.05) is 19.8 Å². The maximum Gasteiger partial charge on any atom is 0.309 e. The number of carbonyl (C=O) groups is 1. The van der Waals surface area contributed by atoms with Crippen molar-refractivity contribution in [3.63, 3.8) is 0 Å². The summed E-state index contributed by atoms with van der Waals surface area (Å²) in [6.07, 6.45) is 2.56. The molecule has 0 bridgehead atoms. The molecule has 2 N–H and O–H groups in total. The summed E-state index contributed by atoms with van der Waals surface area (Å²) in [5, 5.41) is 12.2. The first kappa shape index (κ1) is 11.5. The molecule has 0 radical (unpaired) electrons. The van der Waals surface area contributed by atoms with Gasteiger partial charge in [0.2, 0.25) is 0 Å². The third kappa shape index (κ3) is 3.27. The van der Waals surface area contributed by atoms with Gasteiger partial charge in [-0.05, 0) is 6.42 Å². The summed E-state index contributed by atoms with van der Waals surface area (Å²) in [5.74, 6) is -1.07. The molecular formula is C10H19NO3. The Bertz CT molecular complexity index is 178. The summed E-state index contributed by atoms with van der Waals surface area (Å²) in [6, 6.07) is 0. The average Bonchev–Trinajstić information content (AvgIpc) is 2.19. The molecule has 0 aromatic carbocycles. The van der Waals surface area contributed by atoms with Crippen LogP contribution in [0.1, 0.15) is 26.2 Å². The van der Waals surface area contributed by atoms with Crippen molar-refractivity contribution in [3.8, 4) is 0 Å². The molecule has 1 fully saturated rings. The highest BCUT2D eigenvalue weighted by Gasteiger charge is 2.29. The summed E-state index contributed by atoms with van der Waals surface area (Å²) >= 11 is 0. The third-order valence-electron chi connectivity index (χ3n) is 2.59. The van der Waals surface area contributed by atoms with Crippen LogP contribution < -0.4 is 5.32 Å². The van der Waals surface area contributed by atoms with Crippen LogP contribution in [0, 0.1) is 5.92 Å². The number of morpholine rings is 1. The fourth-order valence-electron chi connectivity index (χ4n) is 1.74. The van der Waals surface area contributed by atoms with Gasteiger partial charge in [0.1, 0.15) is 0 Å². The molecule has 82 valence electrons. The van der Waals surface area contributed by atoms with Crippen molar-refractivity contribution in [2.45, 2.75) is 32.3 Å². The Kier molecular flexibility index (Phi) is 4.90. The minimum absolute atomic E-state index is 0.146. The molecule has 1 aliphatic heterocycles. The highest BCUT2D eigenvalue weighted by Crippen LogP contribution is 2.17. The van der Waals surface area contributed by atoms with Crippen LogP contribution in [-0.2, 0) is 9.53 Å². The molecule has 0 spiro atoms. The van der Waals surface area contributed by atoms with Crippen LogP contribution in [0.2, 0.25) is 0 Å². The predicted molar refractivity (Wildman–Crippen MR) is 53.3 cm³/mol. The van der Waals surface area contributed by atoms with Crippen LogP contribution in [-0.4, -0.2) is 36.9 Å². The van der Waals surface area contributed by atoms with Crippen molar-refractivity contribution in [3.05, 3.63) is 0 Å². The topological polar surface area (TPSA) is 58.6 Å². The summed E-state index contributed by atoms with van der Waals surface area (Å²) in [5.41, 5.74) is 0. The molecule has 4 nitrogen and oxygen atoms in total. The molecule has 1 aliphatic rings. The van der Waals surface area contributed by atoms with E-state index < -0.39 is 5.97 Å². The molecule has 1 rings (SSSR count). The van der Waals surface area contributed by atoms with E-state index in [1.165, 1.54) is 0 Å². The van der Waals surface area contributed by atoms with E-state index in [9.17, 15) is 4.79 Å². The highest BCUT2D eigenvalue weighted by molar-refractivity contribution is 5.70. The van der Waals surface area contributed by atoms with Crippen molar-refractivity contribution >= 4 is 5.97 Å². The molecule has 1 saturated heterocycles. The van der Waals surface area contributed by atoms with E-state index in [0.717, 1.165) is 25.8 Å². The lowest BCUT2D eigenvalue weighted by molar-refractivity contribution is -0.148. The number of rotatable bonds is 5. The zero-order valence-corrected chi connectivity index (χ0v) is 8.66. The zero-order valence-electron chi connectivity index (χ0n) is 8.66. The van der Waals surface area contributed by atoms with Gasteiger partial charge in [-0.15, -0.1) is 0 Å². The Morgan fingerprint density at radius 2 is 2.50 bits per heavy atom. The second-order valence-electron chi connectivity index (χ2n) is 3.70. The van der Waals surface area contributed by atoms with E-state index in [4.69, 9.17) is 9.84 Å². The smallest absolute Gasteiger partial charge is 0.309 e. The standard InChI is InChI=1S/C10H19NO3/c1-2-3-4-8(10(12)13)9-7-11-5-6-14-9/h8-9,11H,2-7H2,1H3,(H,12,13). The van der Waals surface area contributed by atoms with Crippen LogP contribution in [0.25, 0.3) is 0 Å². The highest BCUT2D eigenvalue weighted by atomic mass is 16.5. The van der Waals surface area contributed by atoms with E-state index in [0.29, 0.717) is 13.2 Å². The Morgan fingerprint density at radius 1 is 1.71 bits per heavy atom.